The van der Waals surface area contributed by atoms with Crippen molar-refractivity contribution in [3.63, 3.8) is 0 Å². The minimum absolute atomic E-state index is 0.0648. The van der Waals surface area contributed by atoms with Gasteiger partial charge in [-0.15, -0.1) is 0 Å². The highest BCUT2D eigenvalue weighted by Crippen LogP contribution is 2.33. The Kier molecular flexibility index (Phi) is 2.68. The third kappa shape index (κ3) is 1.93. The van der Waals surface area contributed by atoms with Crippen molar-refractivity contribution >= 4 is 17.4 Å². The Hall–Kier alpha value is -2.00. The number of halogens is 1. The molecule has 0 fully saturated rings. The Labute approximate surface area is 109 Å². The smallest absolute Gasteiger partial charge is 0.231 e. The maximum atomic E-state index is 12.2. The van der Waals surface area contributed by atoms with Gasteiger partial charge in [0.05, 0.1) is 0 Å². The lowest BCUT2D eigenvalue weighted by Crippen LogP contribution is -2.00. The predicted octanol–water partition coefficient (Wildman–Crippen LogP) is 3.30. The fraction of sp³-hybridized carbons (Fsp3) is 0.0714. The Morgan fingerprint density at radius 3 is 2.39 bits per heavy atom. The summed E-state index contributed by atoms with van der Waals surface area (Å²) in [7, 11) is 0. The van der Waals surface area contributed by atoms with E-state index in [2.05, 4.69) is 0 Å². The van der Waals surface area contributed by atoms with Gasteiger partial charge in [-0.1, -0.05) is 11.6 Å². The zero-order valence-electron chi connectivity index (χ0n) is 9.35. The highest BCUT2D eigenvalue weighted by atomic mass is 35.5. The summed E-state index contributed by atoms with van der Waals surface area (Å²) < 4.78 is 10.5. The average molecular weight is 261 g/mol. The Morgan fingerprint density at radius 2 is 1.61 bits per heavy atom. The van der Waals surface area contributed by atoms with Crippen molar-refractivity contribution < 1.29 is 14.3 Å². The minimum Gasteiger partial charge on any atom is -0.454 e. The molecule has 2 aromatic rings. The van der Waals surface area contributed by atoms with E-state index in [1.807, 2.05) is 0 Å². The summed E-state index contributed by atoms with van der Waals surface area (Å²) in [6.07, 6.45) is 0. The molecule has 1 heterocycles. The molecule has 0 spiro atoms. The maximum Gasteiger partial charge on any atom is 0.231 e. The van der Waals surface area contributed by atoms with Crippen LogP contribution in [0.2, 0.25) is 5.02 Å². The van der Waals surface area contributed by atoms with E-state index in [-0.39, 0.29) is 12.6 Å². The van der Waals surface area contributed by atoms with Crippen molar-refractivity contribution in [1.82, 2.24) is 0 Å². The summed E-state index contributed by atoms with van der Waals surface area (Å²) >= 11 is 5.79. The van der Waals surface area contributed by atoms with Gasteiger partial charge in [0, 0.05) is 16.1 Å². The summed E-state index contributed by atoms with van der Waals surface area (Å²) in [4.78, 5) is 12.2. The number of fused-ring (bicyclic) bond motifs is 1. The second-order valence-electron chi connectivity index (χ2n) is 3.90. The largest absolute Gasteiger partial charge is 0.454 e. The minimum atomic E-state index is -0.0648. The van der Waals surface area contributed by atoms with Crippen LogP contribution in [0.4, 0.5) is 0 Å². The van der Waals surface area contributed by atoms with Crippen molar-refractivity contribution in [2.45, 2.75) is 0 Å². The summed E-state index contributed by atoms with van der Waals surface area (Å²) in [6, 6.07) is 12.0. The van der Waals surface area contributed by atoms with Gasteiger partial charge in [0.1, 0.15) is 0 Å². The third-order valence-electron chi connectivity index (χ3n) is 2.74. The summed E-state index contributed by atoms with van der Waals surface area (Å²) in [6.45, 7) is 0.202. The molecule has 1 aliphatic heterocycles. The zero-order chi connectivity index (χ0) is 12.5. The molecule has 1 aliphatic rings. The average Bonchev–Trinajstić information content (AvgIpc) is 2.86. The van der Waals surface area contributed by atoms with Crippen LogP contribution in [0.3, 0.4) is 0 Å². The predicted molar refractivity (Wildman–Crippen MR) is 67.4 cm³/mol. The summed E-state index contributed by atoms with van der Waals surface area (Å²) in [5, 5.41) is 0.609. The Bertz CT molecular complexity index is 605. The van der Waals surface area contributed by atoms with Gasteiger partial charge in [0.2, 0.25) is 6.79 Å². The molecule has 0 saturated heterocycles. The molecule has 0 aliphatic carbocycles. The van der Waals surface area contributed by atoms with E-state index in [4.69, 9.17) is 21.1 Å². The molecule has 90 valence electrons. The second kappa shape index (κ2) is 4.35. The van der Waals surface area contributed by atoms with Crippen molar-refractivity contribution in [1.29, 1.82) is 0 Å². The second-order valence-corrected chi connectivity index (χ2v) is 4.34. The molecule has 18 heavy (non-hydrogen) atoms. The number of carbonyl (C=O) groups excluding carboxylic acids is 1. The van der Waals surface area contributed by atoms with E-state index in [0.717, 1.165) is 0 Å². The van der Waals surface area contributed by atoms with Gasteiger partial charge in [0.25, 0.3) is 0 Å². The molecule has 3 nitrogen and oxygen atoms in total. The van der Waals surface area contributed by atoms with Gasteiger partial charge in [-0.3, -0.25) is 4.79 Å². The quantitative estimate of drug-likeness (QED) is 0.777. The van der Waals surface area contributed by atoms with E-state index in [1.165, 1.54) is 0 Å². The van der Waals surface area contributed by atoms with Crippen LogP contribution in [0.25, 0.3) is 0 Å². The number of ketones is 1. The number of benzene rings is 2. The molecule has 0 N–H and O–H groups in total. The molecule has 2 aromatic carbocycles. The number of ether oxygens (including phenoxy) is 2. The van der Waals surface area contributed by atoms with E-state index in [1.54, 1.807) is 42.5 Å². The molecule has 0 amide bonds. The molecule has 0 unspecified atom stereocenters. The molecule has 4 heteroatoms. The number of carbonyl (C=O) groups is 1. The zero-order valence-corrected chi connectivity index (χ0v) is 10.1. The molecule has 0 saturated carbocycles. The summed E-state index contributed by atoms with van der Waals surface area (Å²) in [5.41, 5.74) is 1.17. The van der Waals surface area contributed by atoms with Crippen LogP contribution in [0.5, 0.6) is 11.5 Å². The fourth-order valence-corrected chi connectivity index (χ4v) is 1.93. The first-order valence-electron chi connectivity index (χ1n) is 5.44. The normalized spacial score (nSPS) is 12.5. The van der Waals surface area contributed by atoms with Crippen LogP contribution in [-0.2, 0) is 0 Å². The van der Waals surface area contributed by atoms with Gasteiger partial charge >= 0.3 is 0 Å². The number of hydrogen-bond acceptors (Lipinski definition) is 3. The van der Waals surface area contributed by atoms with Gasteiger partial charge in [-0.05, 0) is 42.5 Å². The highest BCUT2D eigenvalue weighted by molar-refractivity contribution is 6.30. The van der Waals surface area contributed by atoms with Crippen molar-refractivity contribution in [3.05, 3.63) is 58.6 Å². The molecule has 0 aromatic heterocycles. The van der Waals surface area contributed by atoms with E-state index in [0.29, 0.717) is 27.6 Å². The monoisotopic (exact) mass is 260 g/mol. The lowest BCUT2D eigenvalue weighted by molar-refractivity contribution is 0.103. The lowest BCUT2D eigenvalue weighted by atomic mass is 10.0. The summed E-state index contributed by atoms with van der Waals surface area (Å²) in [5.74, 6) is 1.21. The molecular weight excluding hydrogens is 252 g/mol. The van der Waals surface area contributed by atoms with Crippen LogP contribution in [0.1, 0.15) is 15.9 Å². The van der Waals surface area contributed by atoms with Crippen molar-refractivity contribution in [3.8, 4) is 11.5 Å². The molecular formula is C14H9ClO3. The Balaban J connectivity index is 1.95. The van der Waals surface area contributed by atoms with E-state index in [9.17, 15) is 4.79 Å². The van der Waals surface area contributed by atoms with Crippen molar-refractivity contribution in [2.24, 2.45) is 0 Å². The Morgan fingerprint density at radius 1 is 0.944 bits per heavy atom. The highest BCUT2D eigenvalue weighted by Gasteiger charge is 2.16. The van der Waals surface area contributed by atoms with Gasteiger partial charge in [0.15, 0.2) is 17.3 Å². The topological polar surface area (TPSA) is 35.5 Å². The van der Waals surface area contributed by atoms with Gasteiger partial charge < -0.3 is 9.47 Å². The van der Waals surface area contributed by atoms with Crippen LogP contribution >= 0.6 is 11.6 Å². The van der Waals surface area contributed by atoms with Crippen LogP contribution < -0.4 is 9.47 Å². The molecule has 0 bridgehead atoms. The van der Waals surface area contributed by atoms with Crippen LogP contribution in [0.15, 0.2) is 42.5 Å². The van der Waals surface area contributed by atoms with Crippen molar-refractivity contribution in [2.75, 3.05) is 6.79 Å². The van der Waals surface area contributed by atoms with Crippen LogP contribution in [-0.4, -0.2) is 12.6 Å². The lowest BCUT2D eigenvalue weighted by Gasteiger charge is -2.03. The van der Waals surface area contributed by atoms with E-state index >= 15 is 0 Å². The standard InChI is InChI=1S/C14H9ClO3/c15-11-4-1-9(2-5-11)14(16)10-3-6-12-13(7-10)18-8-17-12/h1-7H,8H2. The maximum absolute atomic E-state index is 12.2. The molecule has 3 rings (SSSR count). The molecule has 0 atom stereocenters. The SMILES string of the molecule is O=C(c1ccc(Cl)cc1)c1ccc2c(c1)OCO2. The molecule has 0 radical (unpaired) electrons. The van der Waals surface area contributed by atoms with Gasteiger partial charge in [-0.2, -0.15) is 0 Å². The van der Waals surface area contributed by atoms with E-state index < -0.39 is 0 Å². The first kappa shape index (κ1) is 11.1. The third-order valence-corrected chi connectivity index (χ3v) is 2.99. The first-order chi connectivity index (χ1) is 8.74. The fourth-order valence-electron chi connectivity index (χ4n) is 1.81. The number of hydrogen-bond donors (Lipinski definition) is 0. The van der Waals surface area contributed by atoms with Crippen LogP contribution in [0, 0.1) is 0 Å². The van der Waals surface area contributed by atoms with Gasteiger partial charge in [-0.25, -0.2) is 0 Å². The first-order valence-corrected chi connectivity index (χ1v) is 5.82. The number of rotatable bonds is 2.